The van der Waals surface area contributed by atoms with E-state index in [0.717, 1.165) is 29.3 Å². The molecule has 2 fully saturated rings. The number of likely N-dealkylation sites (tertiary alicyclic amines) is 1. The van der Waals surface area contributed by atoms with Crippen LogP contribution in [-0.4, -0.2) is 103 Å². The second-order valence-electron chi connectivity index (χ2n) is 15.3. The van der Waals surface area contributed by atoms with Crippen molar-refractivity contribution in [2.45, 2.75) is 82.9 Å². The van der Waals surface area contributed by atoms with Crippen LogP contribution >= 0.6 is 0 Å². The molecule has 0 spiro atoms. The fourth-order valence-electron chi connectivity index (χ4n) is 7.26. The first-order valence-corrected chi connectivity index (χ1v) is 20.7. The third-order valence-corrected chi connectivity index (χ3v) is 15.5. The number of piperazine rings is 1. The average molecular weight is 712 g/mol. The Hall–Kier alpha value is -4.67. The summed E-state index contributed by atoms with van der Waals surface area (Å²) in [6, 6.07) is 16.4. The van der Waals surface area contributed by atoms with Gasteiger partial charge in [0.05, 0.1) is 42.9 Å². The van der Waals surface area contributed by atoms with E-state index in [2.05, 4.69) is 92.7 Å². The lowest BCUT2D eigenvalue weighted by molar-refractivity contribution is -0.128. The lowest BCUT2D eigenvalue weighted by Gasteiger charge is -2.42. The van der Waals surface area contributed by atoms with Crippen LogP contribution in [0.1, 0.15) is 44.9 Å². The first-order valence-electron chi connectivity index (χ1n) is 17.8. The summed E-state index contributed by atoms with van der Waals surface area (Å²) in [5, 5.41) is 22.1. The van der Waals surface area contributed by atoms with Crippen LogP contribution in [0.3, 0.4) is 0 Å². The Morgan fingerprint density at radius 1 is 1.04 bits per heavy atom. The van der Waals surface area contributed by atoms with Gasteiger partial charge in [-0.1, -0.05) is 63.7 Å². The maximum absolute atomic E-state index is 12.7. The molecule has 3 atom stereocenters. The van der Waals surface area contributed by atoms with Crippen molar-refractivity contribution >= 4 is 42.6 Å². The lowest BCUT2D eigenvalue weighted by Crippen LogP contribution is -2.55. The first kappa shape index (κ1) is 36.1. The van der Waals surface area contributed by atoms with Gasteiger partial charge in [0.1, 0.15) is 12.4 Å². The van der Waals surface area contributed by atoms with E-state index in [1.165, 1.54) is 21.7 Å². The number of carboxylic acid groups (broad SMARTS) is 1. The van der Waals surface area contributed by atoms with Gasteiger partial charge < -0.3 is 29.0 Å². The molecule has 3 aliphatic heterocycles. The van der Waals surface area contributed by atoms with Gasteiger partial charge in [0.25, 0.3) is 0 Å². The molecule has 0 radical (unpaired) electrons. The van der Waals surface area contributed by atoms with Crippen LogP contribution in [0.2, 0.25) is 18.1 Å². The summed E-state index contributed by atoms with van der Waals surface area (Å²) in [4.78, 5) is 42.5. The lowest BCUT2D eigenvalue weighted by atomic mass is 10.0. The number of hydrogen-bond acceptors (Lipinski definition) is 9. The second-order valence-corrected chi connectivity index (χ2v) is 20.0. The van der Waals surface area contributed by atoms with Gasteiger partial charge in [-0.05, 0) is 48.5 Å². The Kier molecular flexibility index (Phi) is 10.3. The van der Waals surface area contributed by atoms with Crippen molar-refractivity contribution in [3.63, 3.8) is 0 Å². The number of fused-ring (bicyclic) bond motifs is 2. The zero-order valence-corrected chi connectivity index (χ0v) is 31.3. The predicted octanol–water partition coefficient (Wildman–Crippen LogP) is 5.83. The van der Waals surface area contributed by atoms with Crippen molar-refractivity contribution in [3.05, 3.63) is 66.4 Å². The Bertz CT molecular complexity index is 1830. The molecule has 270 valence electrons. The molecule has 2 saturated heterocycles. The zero-order valence-electron chi connectivity index (χ0n) is 30.3. The molecule has 3 aliphatic rings. The smallest absolute Gasteiger partial charge is 0.407 e. The summed E-state index contributed by atoms with van der Waals surface area (Å²) >= 11 is 0. The van der Waals surface area contributed by atoms with Crippen LogP contribution in [-0.2, 0) is 22.2 Å². The number of rotatable bonds is 9. The van der Waals surface area contributed by atoms with E-state index < -0.39 is 20.5 Å². The molecular weight excluding hydrogens is 663 g/mol. The highest BCUT2D eigenvalue weighted by Gasteiger charge is 2.44. The minimum absolute atomic E-state index is 0.000361. The summed E-state index contributed by atoms with van der Waals surface area (Å²) in [7, 11) is -2.12. The summed E-state index contributed by atoms with van der Waals surface area (Å²) < 4.78 is 13.0. The molecule has 1 aromatic heterocycles. The molecule has 1 unspecified atom stereocenters. The van der Waals surface area contributed by atoms with Gasteiger partial charge in [-0.25, -0.2) is 4.79 Å². The second kappa shape index (κ2) is 14.5. The summed E-state index contributed by atoms with van der Waals surface area (Å²) in [5.74, 6) is 0.548. The fraction of sp³-hybridized carbons (Fsp3) is 0.500. The maximum atomic E-state index is 12.7. The SMILES string of the molecule is C=CC(=O)N1CCN(c2nc(OC[C@@H]3C[C@@H](O[Si](C)(C)C(C)(C)C)CN3C(=O)O)nc3c2CCN(c2cccc4ccccc24)C3)CC1CC#N. The van der Waals surface area contributed by atoms with Gasteiger partial charge in [-0.2, -0.15) is 15.2 Å². The number of ether oxygens (including phenoxy) is 1. The maximum Gasteiger partial charge on any atom is 0.407 e. The van der Waals surface area contributed by atoms with E-state index >= 15 is 0 Å². The average Bonchev–Trinajstić information content (AvgIpc) is 3.51. The highest BCUT2D eigenvalue weighted by Crippen LogP contribution is 2.39. The molecule has 4 heterocycles. The van der Waals surface area contributed by atoms with Crippen LogP contribution in [0.4, 0.5) is 16.3 Å². The number of carbonyl (C=O) groups is 2. The van der Waals surface area contributed by atoms with Gasteiger partial charge >= 0.3 is 12.1 Å². The molecule has 6 rings (SSSR count). The minimum Gasteiger partial charge on any atom is -0.465 e. The number of benzene rings is 2. The highest BCUT2D eigenvalue weighted by molar-refractivity contribution is 6.74. The molecule has 3 aromatic rings. The van der Waals surface area contributed by atoms with Crippen LogP contribution in [0.5, 0.6) is 6.01 Å². The van der Waals surface area contributed by atoms with Crippen LogP contribution in [0.25, 0.3) is 10.8 Å². The van der Waals surface area contributed by atoms with Crippen LogP contribution in [0.15, 0.2) is 55.1 Å². The van der Waals surface area contributed by atoms with Gasteiger partial charge in [-0.15, -0.1) is 0 Å². The van der Waals surface area contributed by atoms with Crippen molar-refractivity contribution in [2.75, 3.05) is 49.1 Å². The molecule has 0 bridgehead atoms. The van der Waals surface area contributed by atoms with Gasteiger partial charge in [-0.3, -0.25) is 9.69 Å². The van der Waals surface area contributed by atoms with E-state index in [0.29, 0.717) is 45.6 Å². The van der Waals surface area contributed by atoms with E-state index in [1.54, 1.807) is 4.90 Å². The van der Waals surface area contributed by atoms with Crippen molar-refractivity contribution in [3.8, 4) is 12.1 Å². The number of aromatic nitrogens is 2. The van der Waals surface area contributed by atoms with Crippen LogP contribution < -0.4 is 14.5 Å². The van der Waals surface area contributed by atoms with E-state index in [4.69, 9.17) is 19.1 Å². The summed E-state index contributed by atoms with van der Waals surface area (Å²) in [6.45, 7) is 17.6. The standard InChI is InChI=1S/C38H49N7O5Si/c1-7-34(46)44-20-19-43(22-27(44)15-17-39)35-31-16-18-42(33-14-10-12-26-11-8-9-13-30(26)33)24-32(31)40-36(41-35)49-25-28-21-29(23-45(28)37(47)48)50-51(5,6)38(2,3)4/h7-14,27-29H,1,15-16,18-25H2,2-6H3,(H,47,48)/t27?,28-,29+/m0/s1. The topological polar surface area (TPSA) is 135 Å². The Morgan fingerprint density at radius 2 is 1.80 bits per heavy atom. The van der Waals surface area contributed by atoms with Crippen molar-refractivity contribution < 1.29 is 23.9 Å². The summed E-state index contributed by atoms with van der Waals surface area (Å²) in [5.41, 5.74) is 2.99. The Balaban J connectivity index is 1.30. The van der Waals surface area contributed by atoms with Gasteiger partial charge in [0.15, 0.2) is 8.32 Å². The number of anilines is 2. The molecule has 2 amide bonds. The largest absolute Gasteiger partial charge is 0.465 e. The Morgan fingerprint density at radius 3 is 2.53 bits per heavy atom. The normalized spacial score (nSPS) is 21.0. The van der Waals surface area contributed by atoms with Crippen molar-refractivity contribution in [2.24, 2.45) is 0 Å². The molecule has 12 nitrogen and oxygen atoms in total. The highest BCUT2D eigenvalue weighted by atomic mass is 28.4. The monoisotopic (exact) mass is 711 g/mol. The molecular formula is C38H49N7O5Si. The molecule has 13 heteroatoms. The molecule has 1 N–H and O–H groups in total. The molecule has 2 aromatic carbocycles. The molecule has 0 saturated carbocycles. The first-order chi connectivity index (χ1) is 24.3. The van der Waals surface area contributed by atoms with E-state index in [-0.39, 0.29) is 42.1 Å². The third kappa shape index (κ3) is 7.53. The zero-order chi connectivity index (χ0) is 36.5. The number of hydrogen-bond donors (Lipinski definition) is 1. The van der Waals surface area contributed by atoms with Crippen LogP contribution in [0, 0.1) is 11.3 Å². The summed E-state index contributed by atoms with van der Waals surface area (Å²) in [6.07, 6.45) is 1.50. The number of amides is 2. The number of nitrogens with zero attached hydrogens (tertiary/aromatic N) is 7. The molecule has 51 heavy (non-hydrogen) atoms. The van der Waals surface area contributed by atoms with Crippen molar-refractivity contribution in [1.82, 2.24) is 19.8 Å². The van der Waals surface area contributed by atoms with E-state index in [1.807, 2.05) is 6.07 Å². The molecule has 0 aliphatic carbocycles. The predicted molar refractivity (Wildman–Crippen MR) is 200 cm³/mol. The van der Waals surface area contributed by atoms with Gasteiger partial charge in [0.2, 0.25) is 5.91 Å². The fourth-order valence-corrected chi connectivity index (χ4v) is 8.61. The Labute approximate surface area is 301 Å². The number of carbonyl (C=O) groups excluding carboxylic acids is 1. The minimum atomic E-state index is -2.12. The quantitative estimate of drug-likeness (QED) is 0.213. The van der Waals surface area contributed by atoms with E-state index in [9.17, 15) is 20.0 Å². The number of nitriles is 1. The van der Waals surface area contributed by atoms with Crippen molar-refractivity contribution in [1.29, 1.82) is 5.26 Å². The third-order valence-electron chi connectivity index (χ3n) is 11.0. The van der Waals surface area contributed by atoms with Gasteiger partial charge in [0, 0.05) is 49.4 Å².